The van der Waals surface area contributed by atoms with Gasteiger partial charge in [-0.2, -0.15) is 0 Å². The summed E-state index contributed by atoms with van der Waals surface area (Å²) in [6.45, 7) is 4.09. The number of hydrogen-bond donors (Lipinski definition) is 1. The molecule has 0 aliphatic carbocycles. The molecule has 3 rings (SSSR count). The van der Waals surface area contributed by atoms with E-state index in [4.69, 9.17) is 21.1 Å². The van der Waals surface area contributed by atoms with Gasteiger partial charge in [-0.05, 0) is 44.2 Å². The topological polar surface area (TPSA) is 47.6 Å². The van der Waals surface area contributed by atoms with E-state index in [1.165, 1.54) is 0 Å². The molecule has 0 aromatic heterocycles. The smallest absolute Gasteiger partial charge is 0.264 e. The second-order valence-electron chi connectivity index (χ2n) is 6.27. The first-order valence-corrected chi connectivity index (χ1v) is 8.31. The fourth-order valence-electron chi connectivity index (χ4n) is 2.67. The predicted molar refractivity (Wildman–Crippen MR) is 93.6 cm³/mol. The Morgan fingerprint density at radius 3 is 2.67 bits per heavy atom. The number of amides is 1. The molecule has 126 valence electrons. The Kier molecular flexibility index (Phi) is 4.67. The lowest BCUT2D eigenvalue weighted by atomic mass is 9.99. The van der Waals surface area contributed by atoms with Gasteiger partial charge in [0.05, 0.1) is 12.6 Å². The van der Waals surface area contributed by atoms with E-state index in [-0.39, 0.29) is 11.9 Å². The van der Waals surface area contributed by atoms with Crippen LogP contribution in [0.1, 0.15) is 31.9 Å². The van der Waals surface area contributed by atoms with E-state index in [2.05, 4.69) is 5.32 Å². The summed E-state index contributed by atoms with van der Waals surface area (Å²) in [6.07, 6.45) is 0.736. The maximum atomic E-state index is 12.7. The largest absolute Gasteiger partial charge is 0.493 e. The highest BCUT2D eigenvalue weighted by Gasteiger charge is 2.33. The van der Waals surface area contributed by atoms with Gasteiger partial charge in [0.25, 0.3) is 5.91 Å². The van der Waals surface area contributed by atoms with Crippen LogP contribution in [0.25, 0.3) is 0 Å². The molecule has 24 heavy (non-hydrogen) atoms. The van der Waals surface area contributed by atoms with Crippen molar-refractivity contribution in [3.05, 3.63) is 59.1 Å². The summed E-state index contributed by atoms with van der Waals surface area (Å²) in [5.41, 5.74) is 0.000507. The summed E-state index contributed by atoms with van der Waals surface area (Å²) >= 11 is 5.88. The lowest BCUT2D eigenvalue weighted by Gasteiger charge is -2.31. The molecular formula is C19H20ClNO3. The zero-order valence-electron chi connectivity index (χ0n) is 13.7. The zero-order valence-corrected chi connectivity index (χ0v) is 14.5. The summed E-state index contributed by atoms with van der Waals surface area (Å²) in [4.78, 5) is 12.7. The molecule has 2 aromatic rings. The van der Waals surface area contributed by atoms with E-state index < -0.39 is 5.60 Å². The molecule has 4 nitrogen and oxygen atoms in total. The van der Waals surface area contributed by atoms with E-state index in [9.17, 15) is 4.79 Å². The average molecular weight is 346 g/mol. The minimum Gasteiger partial charge on any atom is -0.493 e. The second-order valence-corrected chi connectivity index (χ2v) is 6.70. The van der Waals surface area contributed by atoms with E-state index in [1.807, 2.05) is 24.3 Å². The van der Waals surface area contributed by atoms with Crippen LogP contribution in [0.2, 0.25) is 5.02 Å². The maximum absolute atomic E-state index is 12.7. The molecule has 1 aliphatic rings. The van der Waals surface area contributed by atoms with Gasteiger partial charge in [0.15, 0.2) is 5.60 Å². The first-order chi connectivity index (χ1) is 11.5. The van der Waals surface area contributed by atoms with Crippen LogP contribution < -0.4 is 14.8 Å². The molecule has 1 amide bonds. The van der Waals surface area contributed by atoms with Crippen molar-refractivity contribution < 1.29 is 14.3 Å². The minimum atomic E-state index is -0.999. The van der Waals surface area contributed by atoms with E-state index in [0.29, 0.717) is 17.4 Å². The van der Waals surface area contributed by atoms with Crippen molar-refractivity contribution in [2.24, 2.45) is 0 Å². The standard InChI is InChI=1S/C19H20ClNO3/c1-19(2,24-14-9-7-13(20)8-10-14)18(22)21-16-11-12-23-17-6-4-3-5-15(16)17/h3-10,16H,11-12H2,1-2H3,(H,21,22). The first kappa shape index (κ1) is 16.7. The van der Waals surface area contributed by atoms with Gasteiger partial charge in [-0.25, -0.2) is 0 Å². The Morgan fingerprint density at radius 1 is 1.21 bits per heavy atom. The predicted octanol–water partition coefficient (Wildman–Crippen LogP) is 4.14. The molecule has 0 fully saturated rings. The van der Waals surface area contributed by atoms with Gasteiger partial charge in [-0.15, -0.1) is 0 Å². The Labute approximate surface area is 146 Å². The van der Waals surface area contributed by atoms with Crippen LogP contribution in [0.5, 0.6) is 11.5 Å². The van der Waals surface area contributed by atoms with Crippen molar-refractivity contribution in [1.82, 2.24) is 5.32 Å². The van der Waals surface area contributed by atoms with E-state index in [0.717, 1.165) is 17.7 Å². The zero-order chi connectivity index (χ0) is 17.2. The maximum Gasteiger partial charge on any atom is 0.264 e. The van der Waals surface area contributed by atoms with Gasteiger partial charge in [-0.1, -0.05) is 29.8 Å². The summed E-state index contributed by atoms with van der Waals surface area (Å²) in [6, 6.07) is 14.7. The number of nitrogens with one attached hydrogen (secondary N) is 1. The van der Waals surface area contributed by atoms with Gasteiger partial charge in [0, 0.05) is 17.0 Å². The van der Waals surface area contributed by atoms with Gasteiger partial charge >= 0.3 is 0 Å². The van der Waals surface area contributed by atoms with Crippen LogP contribution >= 0.6 is 11.6 Å². The number of benzene rings is 2. The number of carbonyl (C=O) groups excluding carboxylic acids is 1. The van der Waals surface area contributed by atoms with Crippen molar-refractivity contribution in [2.75, 3.05) is 6.61 Å². The van der Waals surface area contributed by atoms with E-state index in [1.54, 1.807) is 38.1 Å². The molecule has 1 aliphatic heterocycles. The summed E-state index contributed by atoms with van der Waals surface area (Å²) in [7, 11) is 0. The van der Waals surface area contributed by atoms with Crippen molar-refractivity contribution in [2.45, 2.75) is 31.9 Å². The number of rotatable bonds is 4. The van der Waals surface area contributed by atoms with Crippen LogP contribution in [0.15, 0.2) is 48.5 Å². The number of para-hydroxylation sites is 1. The molecule has 0 bridgehead atoms. The molecule has 0 spiro atoms. The average Bonchev–Trinajstić information content (AvgIpc) is 2.57. The van der Waals surface area contributed by atoms with Crippen LogP contribution in [0, 0.1) is 0 Å². The van der Waals surface area contributed by atoms with Crippen LogP contribution in [0.4, 0.5) is 0 Å². The summed E-state index contributed by atoms with van der Waals surface area (Å²) in [5.74, 6) is 1.26. The van der Waals surface area contributed by atoms with Gasteiger partial charge < -0.3 is 14.8 Å². The highest BCUT2D eigenvalue weighted by atomic mass is 35.5. The number of hydrogen-bond acceptors (Lipinski definition) is 3. The highest BCUT2D eigenvalue weighted by molar-refractivity contribution is 6.30. The summed E-state index contributed by atoms with van der Waals surface area (Å²) < 4.78 is 11.5. The number of halogens is 1. The molecule has 0 radical (unpaired) electrons. The van der Waals surface area contributed by atoms with Crippen molar-refractivity contribution in [3.8, 4) is 11.5 Å². The Balaban J connectivity index is 1.71. The number of fused-ring (bicyclic) bond motifs is 1. The minimum absolute atomic E-state index is 0.0736. The first-order valence-electron chi connectivity index (χ1n) is 7.93. The van der Waals surface area contributed by atoms with E-state index >= 15 is 0 Å². The Bertz CT molecular complexity index is 728. The fraction of sp³-hybridized carbons (Fsp3) is 0.316. The van der Waals surface area contributed by atoms with Crippen LogP contribution in [-0.4, -0.2) is 18.1 Å². The van der Waals surface area contributed by atoms with Crippen molar-refractivity contribution in [1.29, 1.82) is 0 Å². The summed E-state index contributed by atoms with van der Waals surface area (Å²) in [5, 5.41) is 3.71. The Morgan fingerprint density at radius 2 is 1.92 bits per heavy atom. The van der Waals surface area contributed by atoms with Gasteiger partial charge in [-0.3, -0.25) is 4.79 Å². The molecule has 2 aromatic carbocycles. The monoisotopic (exact) mass is 345 g/mol. The fourth-order valence-corrected chi connectivity index (χ4v) is 2.79. The molecule has 0 saturated heterocycles. The molecular weight excluding hydrogens is 326 g/mol. The third kappa shape index (κ3) is 3.65. The molecule has 5 heteroatoms. The quantitative estimate of drug-likeness (QED) is 0.906. The molecule has 0 saturated carbocycles. The molecule has 1 unspecified atom stereocenters. The lowest BCUT2D eigenvalue weighted by Crippen LogP contribution is -2.48. The number of carbonyl (C=O) groups is 1. The number of ether oxygens (including phenoxy) is 2. The Hall–Kier alpha value is -2.20. The van der Waals surface area contributed by atoms with Crippen molar-refractivity contribution >= 4 is 17.5 Å². The second kappa shape index (κ2) is 6.73. The van der Waals surface area contributed by atoms with Crippen LogP contribution in [0.3, 0.4) is 0 Å². The molecule has 1 atom stereocenters. The highest BCUT2D eigenvalue weighted by Crippen LogP contribution is 2.32. The molecule has 1 heterocycles. The van der Waals surface area contributed by atoms with Crippen LogP contribution in [-0.2, 0) is 4.79 Å². The van der Waals surface area contributed by atoms with Gasteiger partial charge in [0.2, 0.25) is 0 Å². The normalized spacial score (nSPS) is 16.7. The third-order valence-corrected chi connectivity index (χ3v) is 4.25. The third-order valence-electron chi connectivity index (χ3n) is 4.00. The SMILES string of the molecule is CC(C)(Oc1ccc(Cl)cc1)C(=O)NC1CCOc2ccccc21. The molecule has 1 N–H and O–H groups in total. The van der Waals surface area contributed by atoms with Crippen molar-refractivity contribution in [3.63, 3.8) is 0 Å². The lowest BCUT2D eigenvalue weighted by molar-refractivity contribution is -0.135. The van der Waals surface area contributed by atoms with Gasteiger partial charge in [0.1, 0.15) is 11.5 Å².